The summed E-state index contributed by atoms with van der Waals surface area (Å²) in [6, 6.07) is 19.1. The minimum absolute atomic E-state index is 0.228. The molecule has 0 unspecified atom stereocenters. The van der Waals surface area contributed by atoms with Crippen molar-refractivity contribution < 1.29 is 23.8 Å². The maximum Gasteiger partial charge on any atom is 0.255 e. The van der Waals surface area contributed by atoms with Crippen molar-refractivity contribution in [1.29, 1.82) is 0 Å². The van der Waals surface area contributed by atoms with Gasteiger partial charge in [0.15, 0.2) is 11.5 Å². The molecule has 0 aromatic heterocycles. The van der Waals surface area contributed by atoms with Gasteiger partial charge in [0.1, 0.15) is 0 Å². The Bertz CT molecular complexity index is 1070. The maximum absolute atomic E-state index is 13.0. The largest absolute Gasteiger partial charge is 0.490 e. The van der Waals surface area contributed by atoms with Gasteiger partial charge in [0.05, 0.1) is 19.8 Å². The van der Waals surface area contributed by atoms with E-state index in [0.29, 0.717) is 59.6 Å². The molecule has 0 aliphatic carbocycles. The lowest BCUT2D eigenvalue weighted by Crippen LogP contribution is -2.14. The monoisotopic (exact) mass is 448 g/mol. The molecular formula is C26H28N2O5. The fourth-order valence-corrected chi connectivity index (χ4v) is 3.19. The van der Waals surface area contributed by atoms with Crippen molar-refractivity contribution >= 4 is 23.2 Å². The first-order valence-electron chi connectivity index (χ1n) is 10.9. The molecule has 0 heterocycles. The standard InChI is InChI=1S/C26H28N2O5/c1-4-31-22-15-19(16-23(32-5-2)24(22)33-6-3)26(30)28-21-14-10-13-20(17-21)27-25(29)18-11-8-7-9-12-18/h7-17H,4-6H2,1-3H3,(H,27,29)(H,28,30). The zero-order valence-corrected chi connectivity index (χ0v) is 19.0. The van der Waals surface area contributed by atoms with Gasteiger partial charge in [-0.1, -0.05) is 24.3 Å². The molecule has 172 valence electrons. The first kappa shape index (κ1) is 23.7. The van der Waals surface area contributed by atoms with Crippen LogP contribution in [0.5, 0.6) is 17.2 Å². The molecule has 0 saturated carbocycles. The summed E-state index contributed by atoms with van der Waals surface area (Å²) in [5.74, 6) is 0.793. The highest BCUT2D eigenvalue weighted by molar-refractivity contribution is 6.06. The van der Waals surface area contributed by atoms with Crippen LogP contribution in [0.2, 0.25) is 0 Å². The van der Waals surface area contributed by atoms with Crippen LogP contribution in [0.25, 0.3) is 0 Å². The number of carbonyl (C=O) groups excluding carboxylic acids is 2. The molecule has 0 radical (unpaired) electrons. The second kappa shape index (κ2) is 11.6. The molecule has 0 aliphatic rings. The molecule has 0 fully saturated rings. The van der Waals surface area contributed by atoms with E-state index in [9.17, 15) is 9.59 Å². The quantitative estimate of drug-likeness (QED) is 0.434. The summed E-state index contributed by atoms with van der Waals surface area (Å²) in [5.41, 5.74) is 2.02. The SMILES string of the molecule is CCOc1cc(C(=O)Nc2cccc(NC(=O)c3ccccc3)c2)cc(OCC)c1OCC. The van der Waals surface area contributed by atoms with E-state index in [0.717, 1.165) is 0 Å². The van der Waals surface area contributed by atoms with Crippen molar-refractivity contribution in [1.82, 2.24) is 0 Å². The molecular weight excluding hydrogens is 420 g/mol. The first-order valence-corrected chi connectivity index (χ1v) is 10.9. The van der Waals surface area contributed by atoms with Crippen LogP contribution < -0.4 is 24.8 Å². The second-order valence-corrected chi connectivity index (χ2v) is 6.96. The Balaban J connectivity index is 1.80. The summed E-state index contributed by atoms with van der Waals surface area (Å²) in [6.07, 6.45) is 0. The highest BCUT2D eigenvalue weighted by Gasteiger charge is 2.18. The van der Waals surface area contributed by atoms with Crippen molar-refractivity contribution in [2.75, 3.05) is 30.5 Å². The molecule has 0 spiro atoms. The number of rotatable bonds is 10. The van der Waals surface area contributed by atoms with Gasteiger partial charge in [-0.2, -0.15) is 0 Å². The van der Waals surface area contributed by atoms with E-state index in [1.807, 2.05) is 26.8 Å². The zero-order valence-electron chi connectivity index (χ0n) is 19.0. The number of amides is 2. The molecule has 7 nitrogen and oxygen atoms in total. The summed E-state index contributed by atoms with van der Waals surface area (Å²) >= 11 is 0. The highest BCUT2D eigenvalue weighted by atomic mass is 16.5. The van der Waals surface area contributed by atoms with Crippen molar-refractivity contribution in [3.63, 3.8) is 0 Å². The smallest absolute Gasteiger partial charge is 0.255 e. The Morgan fingerprint density at radius 2 is 1.15 bits per heavy atom. The molecule has 2 N–H and O–H groups in total. The third kappa shape index (κ3) is 6.26. The summed E-state index contributed by atoms with van der Waals surface area (Å²) < 4.78 is 17.1. The fraction of sp³-hybridized carbons (Fsp3) is 0.231. The third-order valence-corrected chi connectivity index (χ3v) is 4.59. The lowest BCUT2D eigenvalue weighted by Gasteiger charge is -2.17. The highest BCUT2D eigenvalue weighted by Crippen LogP contribution is 2.39. The minimum atomic E-state index is -0.341. The van der Waals surface area contributed by atoms with Crippen LogP contribution in [-0.4, -0.2) is 31.6 Å². The normalized spacial score (nSPS) is 10.3. The average molecular weight is 449 g/mol. The van der Waals surface area contributed by atoms with Crippen LogP contribution in [0.1, 0.15) is 41.5 Å². The number of nitrogens with one attached hydrogen (secondary N) is 2. The molecule has 3 aromatic carbocycles. The number of benzene rings is 3. The van der Waals surface area contributed by atoms with Gasteiger partial charge in [-0.15, -0.1) is 0 Å². The van der Waals surface area contributed by atoms with Crippen molar-refractivity contribution in [2.24, 2.45) is 0 Å². The topological polar surface area (TPSA) is 85.9 Å². The van der Waals surface area contributed by atoms with E-state index >= 15 is 0 Å². The second-order valence-electron chi connectivity index (χ2n) is 6.96. The molecule has 7 heteroatoms. The van der Waals surface area contributed by atoms with Crippen LogP contribution >= 0.6 is 0 Å². The molecule has 0 aliphatic heterocycles. The summed E-state index contributed by atoms with van der Waals surface area (Å²) in [4.78, 5) is 25.4. The van der Waals surface area contributed by atoms with E-state index in [1.54, 1.807) is 60.7 Å². The number of ether oxygens (including phenoxy) is 3. The van der Waals surface area contributed by atoms with E-state index < -0.39 is 0 Å². The number of hydrogen-bond donors (Lipinski definition) is 2. The van der Waals surface area contributed by atoms with E-state index in [4.69, 9.17) is 14.2 Å². The van der Waals surface area contributed by atoms with Gasteiger partial charge in [0, 0.05) is 22.5 Å². The fourth-order valence-electron chi connectivity index (χ4n) is 3.19. The predicted octanol–water partition coefficient (Wildman–Crippen LogP) is 5.39. The number of carbonyl (C=O) groups is 2. The van der Waals surface area contributed by atoms with Gasteiger partial charge in [0.25, 0.3) is 11.8 Å². The van der Waals surface area contributed by atoms with Gasteiger partial charge in [0.2, 0.25) is 5.75 Å². The lowest BCUT2D eigenvalue weighted by atomic mass is 10.1. The summed E-state index contributed by atoms with van der Waals surface area (Å²) in [6.45, 7) is 6.86. The Kier molecular flexibility index (Phi) is 8.30. The van der Waals surface area contributed by atoms with Gasteiger partial charge < -0.3 is 24.8 Å². The van der Waals surface area contributed by atoms with Gasteiger partial charge in [-0.25, -0.2) is 0 Å². The molecule has 2 amide bonds. The molecule has 0 bridgehead atoms. The Morgan fingerprint density at radius 1 is 0.636 bits per heavy atom. The summed E-state index contributed by atoms with van der Waals surface area (Å²) in [7, 11) is 0. The predicted molar refractivity (Wildman–Crippen MR) is 129 cm³/mol. The van der Waals surface area contributed by atoms with Crippen LogP contribution in [0.4, 0.5) is 11.4 Å². The average Bonchev–Trinajstić information content (AvgIpc) is 2.82. The van der Waals surface area contributed by atoms with Crippen LogP contribution in [0.3, 0.4) is 0 Å². The first-order chi connectivity index (χ1) is 16.0. The van der Waals surface area contributed by atoms with E-state index in [2.05, 4.69) is 10.6 Å². The van der Waals surface area contributed by atoms with Gasteiger partial charge in [-0.05, 0) is 63.2 Å². The minimum Gasteiger partial charge on any atom is -0.490 e. The van der Waals surface area contributed by atoms with Gasteiger partial charge >= 0.3 is 0 Å². The maximum atomic E-state index is 13.0. The van der Waals surface area contributed by atoms with E-state index in [1.165, 1.54) is 0 Å². The lowest BCUT2D eigenvalue weighted by molar-refractivity contribution is 0.101. The van der Waals surface area contributed by atoms with Gasteiger partial charge in [-0.3, -0.25) is 9.59 Å². The zero-order chi connectivity index (χ0) is 23.6. The van der Waals surface area contributed by atoms with Crippen LogP contribution in [-0.2, 0) is 0 Å². The summed E-state index contributed by atoms with van der Waals surface area (Å²) in [5, 5.41) is 5.70. The number of hydrogen-bond acceptors (Lipinski definition) is 5. The van der Waals surface area contributed by atoms with Crippen molar-refractivity contribution in [2.45, 2.75) is 20.8 Å². The Morgan fingerprint density at radius 3 is 1.67 bits per heavy atom. The van der Waals surface area contributed by atoms with Crippen molar-refractivity contribution in [3.8, 4) is 17.2 Å². The van der Waals surface area contributed by atoms with Crippen LogP contribution in [0, 0.1) is 0 Å². The molecule has 0 atom stereocenters. The molecule has 3 rings (SSSR count). The van der Waals surface area contributed by atoms with E-state index in [-0.39, 0.29) is 11.8 Å². The number of anilines is 2. The van der Waals surface area contributed by atoms with Crippen molar-refractivity contribution in [3.05, 3.63) is 77.9 Å². The Labute approximate surface area is 193 Å². The molecule has 33 heavy (non-hydrogen) atoms. The molecule has 0 saturated heterocycles. The third-order valence-electron chi connectivity index (χ3n) is 4.59. The van der Waals surface area contributed by atoms with Crippen LogP contribution in [0.15, 0.2) is 66.7 Å². The molecule has 3 aromatic rings. The Hall–Kier alpha value is -4.00.